The van der Waals surface area contributed by atoms with Crippen molar-refractivity contribution < 1.29 is 4.74 Å². The van der Waals surface area contributed by atoms with Gasteiger partial charge in [-0.05, 0) is 71.9 Å². The van der Waals surface area contributed by atoms with Crippen LogP contribution in [0.4, 0.5) is 0 Å². The standard InChI is InChI=1S/C22H39N5O.HI/c1-18(2)28-21-16-19(3)8-9-20(21)17-25-22(23-4)24-10-6-12-27-13-7-11-26(5)14-15-27;/h8-9,16,18H,6-7,10-15,17H2,1-5H3,(H2,23,24,25);1H. The molecule has 1 fully saturated rings. The van der Waals surface area contributed by atoms with E-state index < -0.39 is 0 Å². The van der Waals surface area contributed by atoms with E-state index in [-0.39, 0.29) is 30.1 Å². The van der Waals surface area contributed by atoms with Gasteiger partial charge in [0.05, 0.1) is 6.10 Å². The summed E-state index contributed by atoms with van der Waals surface area (Å²) in [6.07, 6.45) is 2.55. The van der Waals surface area contributed by atoms with Crippen LogP contribution in [-0.2, 0) is 6.54 Å². The van der Waals surface area contributed by atoms with Gasteiger partial charge in [0.15, 0.2) is 5.96 Å². The second-order valence-corrected chi connectivity index (χ2v) is 7.98. The van der Waals surface area contributed by atoms with Gasteiger partial charge in [-0.25, -0.2) is 0 Å². The third-order valence-electron chi connectivity index (χ3n) is 5.01. The van der Waals surface area contributed by atoms with Crippen molar-refractivity contribution in [3.05, 3.63) is 29.3 Å². The lowest BCUT2D eigenvalue weighted by Gasteiger charge is -2.20. The molecule has 6 nitrogen and oxygen atoms in total. The van der Waals surface area contributed by atoms with E-state index in [2.05, 4.69) is 71.4 Å². The molecule has 1 aromatic rings. The normalized spacial score (nSPS) is 16.3. The summed E-state index contributed by atoms with van der Waals surface area (Å²) in [5.41, 5.74) is 2.36. The van der Waals surface area contributed by atoms with Crippen molar-refractivity contribution in [2.24, 2.45) is 4.99 Å². The molecular weight excluding hydrogens is 477 g/mol. The van der Waals surface area contributed by atoms with Crippen molar-refractivity contribution in [2.45, 2.75) is 46.3 Å². The van der Waals surface area contributed by atoms with Crippen LogP contribution in [-0.4, -0.2) is 75.2 Å². The number of ether oxygens (including phenoxy) is 1. The van der Waals surface area contributed by atoms with Crippen LogP contribution in [0.5, 0.6) is 5.75 Å². The second-order valence-electron chi connectivity index (χ2n) is 7.98. The minimum Gasteiger partial charge on any atom is -0.491 e. The highest BCUT2D eigenvalue weighted by Crippen LogP contribution is 2.21. The van der Waals surface area contributed by atoms with Crippen LogP contribution in [0.1, 0.15) is 37.8 Å². The Labute approximate surface area is 194 Å². The van der Waals surface area contributed by atoms with Gasteiger partial charge in [-0.3, -0.25) is 4.99 Å². The summed E-state index contributed by atoms with van der Waals surface area (Å²) < 4.78 is 5.97. The Morgan fingerprint density at radius 3 is 2.69 bits per heavy atom. The average molecular weight is 518 g/mol. The maximum absolute atomic E-state index is 5.97. The highest BCUT2D eigenvalue weighted by Gasteiger charge is 2.11. The van der Waals surface area contributed by atoms with E-state index in [9.17, 15) is 0 Å². The first-order valence-electron chi connectivity index (χ1n) is 10.6. The Hall–Kier alpha value is -1.06. The summed E-state index contributed by atoms with van der Waals surface area (Å²) in [5, 5.41) is 6.85. The smallest absolute Gasteiger partial charge is 0.191 e. The Balaban J connectivity index is 0.00000420. The molecule has 2 rings (SSSR count). The maximum Gasteiger partial charge on any atom is 0.191 e. The summed E-state index contributed by atoms with van der Waals surface area (Å²) >= 11 is 0. The van der Waals surface area contributed by atoms with Gasteiger partial charge in [0.2, 0.25) is 0 Å². The molecule has 0 amide bonds. The zero-order valence-electron chi connectivity index (χ0n) is 18.8. The SMILES string of the molecule is CN=C(NCCCN1CCCN(C)CC1)NCc1ccc(C)cc1OC(C)C.I. The van der Waals surface area contributed by atoms with Crippen LogP contribution in [0.15, 0.2) is 23.2 Å². The van der Waals surface area contributed by atoms with Gasteiger partial charge in [-0.15, -0.1) is 24.0 Å². The molecule has 1 aromatic carbocycles. The largest absolute Gasteiger partial charge is 0.491 e. The molecule has 7 heteroatoms. The first-order valence-corrected chi connectivity index (χ1v) is 10.6. The number of hydrogen-bond acceptors (Lipinski definition) is 4. The van der Waals surface area contributed by atoms with Gasteiger partial charge < -0.3 is 25.2 Å². The number of aryl methyl sites for hydroxylation is 1. The van der Waals surface area contributed by atoms with Crippen molar-refractivity contribution in [2.75, 3.05) is 53.4 Å². The molecule has 0 unspecified atom stereocenters. The van der Waals surface area contributed by atoms with Crippen molar-refractivity contribution >= 4 is 29.9 Å². The Kier molecular flexibility index (Phi) is 12.6. The number of nitrogens with zero attached hydrogens (tertiary/aromatic N) is 3. The van der Waals surface area contributed by atoms with Crippen molar-refractivity contribution in [3.63, 3.8) is 0 Å². The minimum atomic E-state index is 0. The fourth-order valence-electron chi connectivity index (χ4n) is 3.40. The number of halogens is 1. The van der Waals surface area contributed by atoms with E-state index in [0.29, 0.717) is 6.54 Å². The summed E-state index contributed by atoms with van der Waals surface area (Å²) in [6, 6.07) is 6.36. The maximum atomic E-state index is 5.97. The molecular formula is C22H40IN5O. The van der Waals surface area contributed by atoms with Crippen LogP contribution in [0.3, 0.4) is 0 Å². The monoisotopic (exact) mass is 517 g/mol. The molecule has 0 radical (unpaired) electrons. The Morgan fingerprint density at radius 2 is 1.97 bits per heavy atom. The molecule has 1 heterocycles. The number of hydrogen-bond donors (Lipinski definition) is 2. The molecule has 0 aliphatic carbocycles. The van der Waals surface area contributed by atoms with Gasteiger partial charge in [0.1, 0.15) is 5.75 Å². The quantitative estimate of drug-likeness (QED) is 0.240. The van der Waals surface area contributed by atoms with E-state index in [1.807, 2.05) is 7.05 Å². The predicted molar refractivity (Wildman–Crippen MR) is 134 cm³/mol. The Bertz CT molecular complexity index is 623. The van der Waals surface area contributed by atoms with Gasteiger partial charge in [0.25, 0.3) is 0 Å². The summed E-state index contributed by atoms with van der Waals surface area (Å²) in [5.74, 6) is 1.79. The summed E-state index contributed by atoms with van der Waals surface area (Å²) in [4.78, 5) is 9.35. The third kappa shape index (κ3) is 10.00. The summed E-state index contributed by atoms with van der Waals surface area (Å²) in [6.45, 7) is 13.7. The van der Waals surface area contributed by atoms with Crippen LogP contribution in [0.25, 0.3) is 0 Å². The van der Waals surface area contributed by atoms with Gasteiger partial charge >= 0.3 is 0 Å². The van der Waals surface area contributed by atoms with Gasteiger partial charge in [-0.2, -0.15) is 0 Å². The number of nitrogens with one attached hydrogen (secondary N) is 2. The lowest BCUT2D eigenvalue weighted by molar-refractivity contribution is 0.239. The van der Waals surface area contributed by atoms with Crippen LogP contribution in [0, 0.1) is 6.92 Å². The zero-order valence-corrected chi connectivity index (χ0v) is 21.2. The van der Waals surface area contributed by atoms with Gasteiger partial charge in [-0.1, -0.05) is 12.1 Å². The lowest BCUT2D eigenvalue weighted by atomic mass is 10.1. The highest BCUT2D eigenvalue weighted by atomic mass is 127. The number of guanidine groups is 1. The van der Waals surface area contributed by atoms with Gasteiger partial charge in [0, 0.05) is 38.8 Å². The fourth-order valence-corrected chi connectivity index (χ4v) is 3.40. The van der Waals surface area contributed by atoms with Crippen LogP contribution < -0.4 is 15.4 Å². The molecule has 0 spiro atoms. The number of benzene rings is 1. The average Bonchev–Trinajstić information content (AvgIpc) is 2.86. The van der Waals surface area contributed by atoms with Crippen molar-refractivity contribution in [1.82, 2.24) is 20.4 Å². The molecule has 29 heavy (non-hydrogen) atoms. The van der Waals surface area contributed by atoms with E-state index in [4.69, 9.17) is 4.74 Å². The van der Waals surface area contributed by atoms with Crippen LogP contribution >= 0.6 is 24.0 Å². The molecule has 1 saturated heterocycles. The Morgan fingerprint density at radius 1 is 1.17 bits per heavy atom. The second kappa shape index (κ2) is 14.0. The zero-order chi connectivity index (χ0) is 20.4. The van der Waals surface area contributed by atoms with Crippen molar-refractivity contribution in [3.8, 4) is 5.75 Å². The summed E-state index contributed by atoms with van der Waals surface area (Å²) in [7, 11) is 4.03. The van der Waals surface area contributed by atoms with Crippen LogP contribution in [0.2, 0.25) is 0 Å². The first kappa shape index (κ1) is 26.0. The molecule has 0 aromatic heterocycles. The number of aliphatic imine (C=N–C) groups is 1. The highest BCUT2D eigenvalue weighted by molar-refractivity contribution is 14.0. The molecule has 0 bridgehead atoms. The molecule has 1 aliphatic rings. The van der Waals surface area contributed by atoms with E-state index in [0.717, 1.165) is 36.8 Å². The predicted octanol–water partition coefficient (Wildman–Crippen LogP) is 3.09. The van der Waals surface area contributed by atoms with Crippen molar-refractivity contribution in [1.29, 1.82) is 0 Å². The minimum absolute atomic E-state index is 0. The van der Waals surface area contributed by atoms with E-state index in [1.165, 1.54) is 38.2 Å². The number of likely N-dealkylation sites (N-methyl/N-ethyl adjacent to an activating group) is 1. The molecule has 1 aliphatic heterocycles. The lowest BCUT2D eigenvalue weighted by Crippen LogP contribution is -2.38. The molecule has 0 atom stereocenters. The molecule has 0 saturated carbocycles. The first-order chi connectivity index (χ1) is 13.5. The van der Waals surface area contributed by atoms with E-state index in [1.54, 1.807) is 0 Å². The topological polar surface area (TPSA) is 52.1 Å². The number of rotatable bonds is 8. The fraction of sp³-hybridized carbons (Fsp3) is 0.682. The van der Waals surface area contributed by atoms with E-state index >= 15 is 0 Å². The molecule has 166 valence electrons. The molecule has 2 N–H and O–H groups in total. The third-order valence-corrected chi connectivity index (χ3v) is 5.01.